The summed E-state index contributed by atoms with van der Waals surface area (Å²) < 4.78 is 5.87. The van der Waals surface area contributed by atoms with E-state index in [0.29, 0.717) is 17.4 Å². The summed E-state index contributed by atoms with van der Waals surface area (Å²) in [5, 5.41) is 1.86. The quantitative estimate of drug-likeness (QED) is 0.767. The number of carbonyl (C=O) groups is 2. The zero-order valence-corrected chi connectivity index (χ0v) is 15.0. The highest BCUT2D eigenvalue weighted by molar-refractivity contribution is 6.03. The van der Waals surface area contributed by atoms with E-state index in [1.54, 1.807) is 6.07 Å². The number of fused-ring (bicyclic) bond motifs is 1. The summed E-state index contributed by atoms with van der Waals surface area (Å²) in [7, 11) is 1.86. The summed E-state index contributed by atoms with van der Waals surface area (Å²) >= 11 is 0. The maximum Gasteiger partial charge on any atom is 0.260 e. The van der Waals surface area contributed by atoms with Crippen molar-refractivity contribution in [1.29, 1.82) is 0 Å². The highest BCUT2D eigenvalue weighted by Crippen LogP contribution is 2.30. The largest absolute Gasteiger partial charge is 0.482 e. The van der Waals surface area contributed by atoms with Gasteiger partial charge in [0.25, 0.3) is 5.91 Å². The Labute approximate surface area is 148 Å². The third-order valence-corrected chi connectivity index (χ3v) is 5.11. The second-order valence-electron chi connectivity index (χ2n) is 6.80. The topological polar surface area (TPSA) is 46.6 Å². The van der Waals surface area contributed by atoms with Crippen molar-refractivity contribution < 1.29 is 14.3 Å². The van der Waals surface area contributed by atoms with Gasteiger partial charge >= 0.3 is 0 Å². The van der Waals surface area contributed by atoms with E-state index in [0.717, 1.165) is 23.6 Å². The minimum Gasteiger partial charge on any atom is -0.482 e. The molecule has 0 heterocycles. The van der Waals surface area contributed by atoms with Gasteiger partial charge in [-0.1, -0.05) is 49.6 Å². The van der Waals surface area contributed by atoms with E-state index < -0.39 is 0 Å². The van der Waals surface area contributed by atoms with E-state index in [4.69, 9.17) is 4.74 Å². The van der Waals surface area contributed by atoms with Crippen LogP contribution in [0.2, 0.25) is 0 Å². The third kappa shape index (κ3) is 3.84. The van der Waals surface area contributed by atoms with Gasteiger partial charge in [0.05, 0.1) is 5.56 Å². The van der Waals surface area contributed by atoms with Crippen molar-refractivity contribution in [2.75, 3.05) is 13.7 Å². The molecule has 0 aliphatic heterocycles. The molecule has 1 saturated carbocycles. The predicted molar refractivity (Wildman–Crippen MR) is 99.1 cm³/mol. The van der Waals surface area contributed by atoms with Gasteiger partial charge in [-0.25, -0.2) is 0 Å². The van der Waals surface area contributed by atoms with Crippen LogP contribution in [-0.2, 0) is 4.79 Å². The molecule has 0 atom stereocenters. The van der Waals surface area contributed by atoms with Crippen LogP contribution in [0.15, 0.2) is 36.4 Å². The SMILES string of the molecule is CC(=O)c1ccc2ccccc2c1OCC(=O)N(C)C1CCCCC1. The molecule has 2 aromatic rings. The van der Waals surface area contributed by atoms with E-state index in [1.807, 2.05) is 42.3 Å². The molecule has 0 spiro atoms. The molecule has 0 aromatic heterocycles. The predicted octanol–water partition coefficient (Wildman–Crippen LogP) is 4.21. The lowest BCUT2D eigenvalue weighted by molar-refractivity contribution is -0.134. The molecule has 0 N–H and O–H groups in total. The van der Waals surface area contributed by atoms with Crippen LogP contribution in [0.1, 0.15) is 49.4 Å². The molecule has 1 fully saturated rings. The summed E-state index contributed by atoms with van der Waals surface area (Å²) in [6, 6.07) is 11.7. The monoisotopic (exact) mass is 339 g/mol. The average Bonchev–Trinajstić information content (AvgIpc) is 2.65. The highest BCUT2D eigenvalue weighted by Gasteiger charge is 2.23. The fourth-order valence-electron chi connectivity index (χ4n) is 3.58. The number of hydrogen-bond acceptors (Lipinski definition) is 3. The van der Waals surface area contributed by atoms with Crippen LogP contribution in [0.3, 0.4) is 0 Å². The zero-order chi connectivity index (χ0) is 17.8. The van der Waals surface area contributed by atoms with Crippen molar-refractivity contribution in [3.05, 3.63) is 42.0 Å². The van der Waals surface area contributed by atoms with Crippen LogP contribution in [0, 0.1) is 0 Å². The molecule has 4 heteroatoms. The van der Waals surface area contributed by atoms with Crippen molar-refractivity contribution in [3.8, 4) is 5.75 Å². The zero-order valence-electron chi connectivity index (χ0n) is 15.0. The molecule has 1 aliphatic carbocycles. The van der Waals surface area contributed by atoms with Gasteiger partial charge in [-0.2, -0.15) is 0 Å². The van der Waals surface area contributed by atoms with Gasteiger partial charge in [0, 0.05) is 18.5 Å². The first-order valence-electron chi connectivity index (χ1n) is 8.99. The van der Waals surface area contributed by atoms with Crippen molar-refractivity contribution in [2.45, 2.75) is 45.1 Å². The molecule has 25 heavy (non-hydrogen) atoms. The normalized spacial score (nSPS) is 15.1. The molecule has 4 nitrogen and oxygen atoms in total. The number of amides is 1. The minimum absolute atomic E-state index is 0.0330. The summed E-state index contributed by atoms with van der Waals surface area (Å²) in [5.74, 6) is 0.416. The number of benzene rings is 2. The minimum atomic E-state index is -0.0613. The van der Waals surface area contributed by atoms with Gasteiger partial charge in [-0.05, 0) is 31.2 Å². The molecule has 3 rings (SSSR count). The number of likely N-dealkylation sites (N-methyl/N-ethyl adjacent to an activating group) is 1. The van der Waals surface area contributed by atoms with E-state index in [2.05, 4.69) is 0 Å². The molecule has 1 amide bonds. The Morgan fingerprint density at radius 3 is 2.52 bits per heavy atom. The molecule has 0 radical (unpaired) electrons. The first-order valence-corrected chi connectivity index (χ1v) is 8.99. The lowest BCUT2D eigenvalue weighted by Crippen LogP contribution is -2.40. The molecule has 1 aliphatic rings. The summed E-state index contributed by atoms with van der Waals surface area (Å²) in [4.78, 5) is 26.3. The van der Waals surface area contributed by atoms with Crippen molar-refractivity contribution >= 4 is 22.5 Å². The van der Waals surface area contributed by atoms with Gasteiger partial charge in [0.1, 0.15) is 5.75 Å². The second-order valence-corrected chi connectivity index (χ2v) is 6.80. The second kappa shape index (κ2) is 7.68. The maximum atomic E-state index is 12.5. The molecular formula is C21H25NO3. The number of Topliss-reactive ketones (excluding diaryl/α,β-unsaturated/α-hetero) is 1. The van der Waals surface area contributed by atoms with Crippen molar-refractivity contribution in [2.24, 2.45) is 0 Å². The Morgan fingerprint density at radius 1 is 1.08 bits per heavy atom. The van der Waals surface area contributed by atoms with Gasteiger partial charge in [-0.15, -0.1) is 0 Å². The van der Waals surface area contributed by atoms with Crippen LogP contribution < -0.4 is 4.74 Å². The Hall–Kier alpha value is -2.36. The van der Waals surface area contributed by atoms with Crippen LogP contribution in [0.5, 0.6) is 5.75 Å². The molecule has 0 bridgehead atoms. The van der Waals surface area contributed by atoms with Crippen LogP contribution in [0.4, 0.5) is 0 Å². The first kappa shape index (κ1) is 17.5. The fraction of sp³-hybridized carbons (Fsp3) is 0.429. The Balaban J connectivity index is 1.79. The standard InChI is InChI=1S/C21H25NO3/c1-15(23)18-13-12-16-8-6-7-11-19(16)21(18)25-14-20(24)22(2)17-9-4-3-5-10-17/h6-8,11-13,17H,3-5,9-10,14H2,1-2H3. The first-order chi connectivity index (χ1) is 12.1. The molecule has 132 valence electrons. The lowest BCUT2D eigenvalue weighted by Gasteiger charge is -2.31. The number of ketones is 1. The number of rotatable bonds is 5. The molecule has 2 aromatic carbocycles. The summed E-state index contributed by atoms with van der Waals surface area (Å²) in [5.41, 5.74) is 0.520. The van der Waals surface area contributed by atoms with E-state index in [9.17, 15) is 9.59 Å². The van der Waals surface area contributed by atoms with Gasteiger partial charge in [0.15, 0.2) is 12.4 Å². The number of hydrogen-bond donors (Lipinski definition) is 0. The average molecular weight is 339 g/mol. The highest BCUT2D eigenvalue weighted by atomic mass is 16.5. The molecule has 0 saturated heterocycles. The number of carbonyl (C=O) groups excluding carboxylic acids is 2. The van der Waals surface area contributed by atoms with Gasteiger partial charge in [-0.3, -0.25) is 9.59 Å². The Kier molecular flexibility index (Phi) is 5.37. The van der Waals surface area contributed by atoms with Crippen molar-refractivity contribution in [3.63, 3.8) is 0 Å². The van der Waals surface area contributed by atoms with Gasteiger partial charge < -0.3 is 9.64 Å². The Bertz CT molecular complexity index is 778. The lowest BCUT2D eigenvalue weighted by atomic mass is 9.94. The smallest absolute Gasteiger partial charge is 0.260 e. The fourth-order valence-corrected chi connectivity index (χ4v) is 3.58. The van der Waals surface area contributed by atoms with E-state index in [1.165, 1.54) is 26.2 Å². The van der Waals surface area contributed by atoms with Crippen LogP contribution >= 0.6 is 0 Å². The van der Waals surface area contributed by atoms with Crippen molar-refractivity contribution in [1.82, 2.24) is 4.90 Å². The maximum absolute atomic E-state index is 12.5. The van der Waals surface area contributed by atoms with Crippen LogP contribution in [-0.4, -0.2) is 36.3 Å². The van der Waals surface area contributed by atoms with Crippen LogP contribution in [0.25, 0.3) is 10.8 Å². The third-order valence-electron chi connectivity index (χ3n) is 5.11. The summed E-state index contributed by atoms with van der Waals surface area (Å²) in [6.07, 6.45) is 5.75. The Morgan fingerprint density at radius 2 is 1.80 bits per heavy atom. The van der Waals surface area contributed by atoms with E-state index in [-0.39, 0.29) is 18.3 Å². The number of ether oxygens (including phenoxy) is 1. The number of nitrogens with zero attached hydrogens (tertiary/aromatic N) is 1. The van der Waals surface area contributed by atoms with E-state index >= 15 is 0 Å². The molecule has 0 unspecified atom stereocenters. The molecular weight excluding hydrogens is 314 g/mol. The summed E-state index contributed by atoms with van der Waals surface area (Å²) in [6.45, 7) is 1.48. The van der Waals surface area contributed by atoms with Gasteiger partial charge in [0.2, 0.25) is 0 Å².